The zero-order chi connectivity index (χ0) is 17.9. The maximum atomic E-state index is 12.6. The van der Waals surface area contributed by atoms with Gasteiger partial charge in [-0.05, 0) is 36.5 Å². The van der Waals surface area contributed by atoms with Crippen molar-refractivity contribution >= 4 is 15.9 Å². The monoisotopic (exact) mass is 352 g/mol. The van der Waals surface area contributed by atoms with Crippen LogP contribution in [0.5, 0.6) is 0 Å². The normalized spacial score (nSPS) is 16.6. The van der Waals surface area contributed by atoms with Gasteiger partial charge in [-0.25, -0.2) is 8.42 Å². The molecule has 1 amide bonds. The molecule has 0 unspecified atom stereocenters. The molecule has 1 aromatic carbocycles. The van der Waals surface area contributed by atoms with Crippen LogP contribution in [0.1, 0.15) is 43.4 Å². The first-order chi connectivity index (χ1) is 11.2. The van der Waals surface area contributed by atoms with Crippen LogP contribution < -0.4 is 0 Å². The lowest BCUT2D eigenvalue weighted by atomic mass is 9.96. The van der Waals surface area contributed by atoms with E-state index in [1.165, 1.54) is 9.87 Å². The minimum atomic E-state index is -3.16. The zero-order valence-corrected chi connectivity index (χ0v) is 15.9. The summed E-state index contributed by atoms with van der Waals surface area (Å²) in [4.78, 5) is 14.4. The third-order valence-electron chi connectivity index (χ3n) is 4.73. The van der Waals surface area contributed by atoms with Crippen molar-refractivity contribution in [2.24, 2.45) is 0 Å². The molecule has 24 heavy (non-hydrogen) atoms. The highest BCUT2D eigenvalue weighted by atomic mass is 32.2. The predicted octanol–water partition coefficient (Wildman–Crippen LogP) is 2.15. The second kappa shape index (κ2) is 7.66. The summed E-state index contributed by atoms with van der Waals surface area (Å²) in [6.07, 6.45) is 0.382. The minimum Gasteiger partial charge on any atom is -0.340 e. The van der Waals surface area contributed by atoms with Gasteiger partial charge < -0.3 is 4.90 Å². The van der Waals surface area contributed by atoms with E-state index in [1.807, 2.05) is 6.92 Å². The number of hydrogen-bond donors (Lipinski definition) is 0. The molecule has 1 aromatic rings. The number of piperazine rings is 1. The average molecular weight is 353 g/mol. The Morgan fingerprint density at radius 3 is 2.33 bits per heavy atom. The molecule has 1 aliphatic rings. The molecule has 1 heterocycles. The molecule has 5 nitrogen and oxygen atoms in total. The van der Waals surface area contributed by atoms with Gasteiger partial charge in [0, 0.05) is 26.2 Å². The Labute approximate surface area is 145 Å². The summed E-state index contributed by atoms with van der Waals surface area (Å²) in [6, 6.07) is 6.31. The van der Waals surface area contributed by atoms with Crippen molar-refractivity contribution in [3.05, 3.63) is 34.9 Å². The quantitative estimate of drug-likeness (QED) is 0.816. The third-order valence-corrected chi connectivity index (χ3v) is 6.61. The van der Waals surface area contributed by atoms with Crippen LogP contribution in [0.4, 0.5) is 0 Å². The summed E-state index contributed by atoms with van der Waals surface area (Å²) in [5.41, 5.74) is 3.43. The maximum absolute atomic E-state index is 12.6. The Kier molecular flexibility index (Phi) is 6.04. The molecule has 0 spiro atoms. The number of benzene rings is 1. The largest absolute Gasteiger partial charge is 0.340 e. The van der Waals surface area contributed by atoms with Gasteiger partial charge in [-0.15, -0.1) is 0 Å². The highest BCUT2D eigenvalue weighted by molar-refractivity contribution is 7.89. The maximum Gasteiger partial charge on any atom is 0.227 e. The van der Waals surface area contributed by atoms with Gasteiger partial charge in [0.25, 0.3) is 0 Å². The Morgan fingerprint density at radius 1 is 1.17 bits per heavy atom. The lowest BCUT2D eigenvalue weighted by molar-refractivity contribution is -0.131. The van der Waals surface area contributed by atoms with Crippen LogP contribution in [0.25, 0.3) is 0 Å². The molecule has 6 heteroatoms. The van der Waals surface area contributed by atoms with E-state index in [0.29, 0.717) is 38.5 Å². The van der Waals surface area contributed by atoms with Crippen LogP contribution in [0.2, 0.25) is 0 Å². The van der Waals surface area contributed by atoms with Crippen molar-refractivity contribution in [3.8, 4) is 0 Å². The van der Waals surface area contributed by atoms with Crippen molar-refractivity contribution in [2.45, 2.75) is 40.0 Å². The summed E-state index contributed by atoms with van der Waals surface area (Å²) < 4.78 is 25.3. The van der Waals surface area contributed by atoms with E-state index in [4.69, 9.17) is 0 Å². The SMILES string of the molecule is CCS(=O)(=O)N1CCN(C(=O)Cc2cc(C(C)C)ccc2C)CC1. The van der Waals surface area contributed by atoms with E-state index in [-0.39, 0.29) is 11.7 Å². The van der Waals surface area contributed by atoms with E-state index in [1.54, 1.807) is 11.8 Å². The standard InChI is InChI=1S/C18H28N2O3S/c1-5-24(22,23)20-10-8-19(9-11-20)18(21)13-17-12-16(14(2)3)7-6-15(17)4/h6-7,12,14H,5,8-11,13H2,1-4H3. The van der Waals surface area contributed by atoms with Crippen LogP contribution in [0, 0.1) is 6.92 Å². The first-order valence-corrected chi connectivity index (χ1v) is 10.2. The van der Waals surface area contributed by atoms with Crippen LogP contribution in [-0.4, -0.2) is 55.5 Å². The molecule has 0 saturated carbocycles. The van der Waals surface area contributed by atoms with Crippen LogP contribution in [0.3, 0.4) is 0 Å². The van der Waals surface area contributed by atoms with Gasteiger partial charge in [0.15, 0.2) is 0 Å². The fourth-order valence-electron chi connectivity index (χ4n) is 2.91. The minimum absolute atomic E-state index is 0.0764. The Bertz CT molecular complexity index is 690. The number of nitrogens with zero attached hydrogens (tertiary/aromatic N) is 2. The summed E-state index contributed by atoms with van der Waals surface area (Å²) in [7, 11) is -3.16. The van der Waals surface area contributed by atoms with E-state index < -0.39 is 10.0 Å². The highest BCUT2D eigenvalue weighted by Gasteiger charge is 2.27. The molecular formula is C18H28N2O3S. The lowest BCUT2D eigenvalue weighted by Gasteiger charge is -2.34. The molecular weight excluding hydrogens is 324 g/mol. The Morgan fingerprint density at radius 2 is 1.79 bits per heavy atom. The van der Waals surface area contributed by atoms with Gasteiger partial charge in [0.2, 0.25) is 15.9 Å². The molecule has 0 aliphatic carbocycles. The first kappa shape index (κ1) is 18.9. The van der Waals surface area contributed by atoms with E-state index >= 15 is 0 Å². The number of hydrogen-bond acceptors (Lipinski definition) is 3. The molecule has 0 radical (unpaired) electrons. The number of sulfonamides is 1. The third kappa shape index (κ3) is 4.36. The van der Waals surface area contributed by atoms with Crippen molar-refractivity contribution in [3.63, 3.8) is 0 Å². The molecule has 134 valence electrons. The van der Waals surface area contributed by atoms with Gasteiger partial charge in [-0.1, -0.05) is 32.0 Å². The summed E-state index contributed by atoms with van der Waals surface area (Å²) in [5.74, 6) is 0.622. The van der Waals surface area contributed by atoms with Gasteiger partial charge >= 0.3 is 0 Å². The molecule has 0 aromatic heterocycles. The molecule has 1 fully saturated rings. The van der Waals surface area contributed by atoms with E-state index in [2.05, 4.69) is 32.0 Å². The second-order valence-corrected chi connectivity index (χ2v) is 8.96. The fourth-order valence-corrected chi connectivity index (χ4v) is 4.00. The van der Waals surface area contributed by atoms with Gasteiger partial charge in [0.1, 0.15) is 0 Å². The molecule has 2 rings (SSSR count). The van der Waals surface area contributed by atoms with Gasteiger partial charge in [0.05, 0.1) is 12.2 Å². The molecule has 0 atom stereocenters. The van der Waals surface area contributed by atoms with E-state index in [0.717, 1.165) is 11.1 Å². The Balaban J connectivity index is 2.01. The smallest absolute Gasteiger partial charge is 0.227 e. The van der Waals surface area contributed by atoms with Crippen LogP contribution >= 0.6 is 0 Å². The fraction of sp³-hybridized carbons (Fsp3) is 0.611. The predicted molar refractivity (Wildman–Crippen MR) is 96.6 cm³/mol. The van der Waals surface area contributed by atoms with Crippen molar-refractivity contribution in [1.29, 1.82) is 0 Å². The molecule has 1 aliphatic heterocycles. The van der Waals surface area contributed by atoms with E-state index in [9.17, 15) is 13.2 Å². The van der Waals surface area contributed by atoms with Gasteiger partial charge in [-0.2, -0.15) is 4.31 Å². The van der Waals surface area contributed by atoms with Crippen LogP contribution in [-0.2, 0) is 21.2 Å². The van der Waals surface area contributed by atoms with Crippen molar-refractivity contribution in [2.75, 3.05) is 31.9 Å². The van der Waals surface area contributed by atoms with Gasteiger partial charge in [-0.3, -0.25) is 4.79 Å². The number of carbonyl (C=O) groups is 1. The van der Waals surface area contributed by atoms with Crippen LogP contribution in [0.15, 0.2) is 18.2 Å². The second-order valence-electron chi connectivity index (χ2n) is 6.70. The number of carbonyl (C=O) groups excluding carboxylic acids is 1. The topological polar surface area (TPSA) is 57.7 Å². The molecule has 0 N–H and O–H groups in total. The number of amides is 1. The summed E-state index contributed by atoms with van der Waals surface area (Å²) in [6.45, 7) is 9.70. The lowest BCUT2D eigenvalue weighted by Crippen LogP contribution is -2.51. The average Bonchev–Trinajstić information content (AvgIpc) is 2.56. The molecule has 0 bridgehead atoms. The Hall–Kier alpha value is -1.40. The number of rotatable bonds is 5. The number of aryl methyl sites for hydroxylation is 1. The van der Waals surface area contributed by atoms with Crippen molar-refractivity contribution in [1.82, 2.24) is 9.21 Å². The highest BCUT2D eigenvalue weighted by Crippen LogP contribution is 2.20. The molecule has 1 saturated heterocycles. The zero-order valence-electron chi connectivity index (χ0n) is 15.1. The first-order valence-electron chi connectivity index (χ1n) is 8.59. The van der Waals surface area contributed by atoms with Crippen molar-refractivity contribution < 1.29 is 13.2 Å². The summed E-state index contributed by atoms with van der Waals surface area (Å²) >= 11 is 0. The summed E-state index contributed by atoms with van der Waals surface area (Å²) in [5, 5.41) is 0.